The molecule has 0 radical (unpaired) electrons. The zero-order chi connectivity index (χ0) is 24.7. The minimum atomic E-state index is -3.11. The Bertz CT molecular complexity index is 1400. The fourth-order valence-corrected chi connectivity index (χ4v) is 3.64. The average Bonchev–Trinajstić information content (AvgIpc) is 3.31. The van der Waals surface area contributed by atoms with E-state index in [0.29, 0.717) is 33.2 Å². The molecular weight excluding hydrogens is 483 g/mol. The van der Waals surface area contributed by atoms with E-state index in [-0.39, 0.29) is 22.9 Å². The third kappa shape index (κ3) is 4.45. The number of halogens is 6. The van der Waals surface area contributed by atoms with Gasteiger partial charge < -0.3 is 5.32 Å². The van der Waals surface area contributed by atoms with Crippen molar-refractivity contribution in [2.75, 3.05) is 5.32 Å². The molecule has 1 aromatic carbocycles. The van der Waals surface area contributed by atoms with Gasteiger partial charge in [-0.25, -0.2) is 31.5 Å². The number of benzene rings is 1. The molecule has 0 saturated heterocycles. The van der Waals surface area contributed by atoms with Crippen molar-refractivity contribution in [3.8, 4) is 0 Å². The van der Waals surface area contributed by atoms with E-state index in [0.717, 1.165) is 6.07 Å². The summed E-state index contributed by atoms with van der Waals surface area (Å²) in [6, 6.07) is 5.55. The molecular formula is C21H16ClF5N6O. The number of alkyl halides is 4. The molecule has 4 rings (SSSR count). The molecule has 0 atom stereocenters. The zero-order valence-corrected chi connectivity index (χ0v) is 18.4. The Morgan fingerprint density at radius 3 is 2.47 bits per heavy atom. The van der Waals surface area contributed by atoms with Gasteiger partial charge in [0.2, 0.25) is 0 Å². The van der Waals surface area contributed by atoms with Gasteiger partial charge in [0.25, 0.3) is 18.8 Å². The molecule has 0 fully saturated rings. The van der Waals surface area contributed by atoms with Crippen LogP contribution in [-0.4, -0.2) is 30.3 Å². The van der Waals surface area contributed by atoms with Crippen LogP contribution in [0.2, 0.25) is 5.02 Å². The molecule has 4 aromatic rings. The lowest BCUT2D eigenvalue weighted by Crippen LogP contribution is -2.14. The van der Waals surface area contributed by atoms with E-state index in [1.165, 1.54) is 18.2 Å². The molecule has 0 unspecified atom stereocenters. The van der Waals surface area contributed by atoms with E-state index in [2.05, 4.69) is 20.5 Å². The van der Waals surface area contributed by atoms with Gasteiger partial charge in [-0.1, -0.05) is 17.7 Å². The van der Waals surface area contributed by atoms with E-state index in [1.54, 1.807) is 18.5 Å². The van der Waals surface area contributed by atoms with E-state index in [9.17, 15) is 26.7 Å². The standard InChI is InChI=1S/C21H16ClF5N6O/c1-9-18(10(2)32(30-9)8-11-3-4-12(23)5-13(11)22)29-21(34)15-7-17-28-14(19(24)25)6-16(20(26)27)33(17)31-15/h3-7,19-20H,8H2,1-2H3,(H,29,34). The van der Waals surface area contributed by atoms with Crippen LogP contribution in [0.15, 0.2) is 30.3 Å². The Hall–Kier alpha value is -3.54. The highest BCUT2D eigenvalue weighted by Gasteiger charge is 2.23. The predicted molar refractivity (Wildman–Crippen MR) is 113 cm³/mol. The van der Waals surface area contributed by atoms with Crippen molar-refractivity contribution in [3.05, 3.63) is 75.2 Å². The second-order valence-corrected chi connectivity index (χ2v) is 7.81. The fraction of sp³-hybridized carbons (Fsp3) is 0.238. The molecule has 0 aliphatic rings. The summed E-state index contributed by atoms with van der Waals surface area (Å²) in [5, 5.41) is 11.0. The fourth-order valence-electron chi connectivity index (χ4n) is 3.42. The molecule has 1 N–H and O–H groups in total. The van der Waals surface area contributed by atoms with Gasteiger partial charge in [0.15, 0.2) is 11.3 Å². The molecule has 0 aliphatic carbocycles. The third-order valence-electron chi connectivity index (χ3n) is 5.11. The van der Waals surface area contributed by atoms with Crippen LogP contribution in [0.25, 0.3) is 5.65 Å². The molecule has 178 valence electrons. The molecule has 1 amide bonds. The lowest BCUT2D eigenvalue weighted by atomic mass is 10.2. The summed E-state index contributed by atoms with van der Waals surface area (Å²) < 4.78 is 68.3. The summed E-state index contributed by atoms with van der Waals surface area (Å²) >= 11 is 6.08. The van der Waals surface area contributed by atoms with Gasteiger partial charge in [-0.2, -0.15) is 10.2 Å². The Kier molecular flexibility index (Phi) is 6.26. The number of nitrogens with zero attached hydrogens (tertiary/aromatic N) is 5. The smallest absolute Gasteiger partial charge is 0.280 e. The number of hydrogen-bond donors (Lipinski definition) is 1. The van der Waals surface area contributed by atoms with Crippen molar-refractivity contribution in [2.45, 2.75) is 33.2 Å². The molecule has 13 heteroatoms. The zero-order valence-electron chi connectivity index (χ0n) is 17.7. The summed E-state index contributed by atoms with van der Waals surface area (Å²) in [6.45, 7) is 3.52. The van der Waals surface area contributed by atoms with Gasteiger partial charge in [0.1, 0.15) is 17.2 Å². The average molecular weight is 499 g/mol. The number of anilines is 1. The highest BCUT2D eigenvalue weighted by molar-refractivity contribution is 6.31. The van der Waals surface area contributed by atoms with E-state index in [1.807, 2.05) is 0 Å². The van der Waals surface area contributed by atoms with Crippen LogP contribution < -0.4 is 5.32 Å². The number of carbonyl (C=O) groups excluding carboxylic acids is 1. The highest BCUT2D eigenvalue weighted by atomic mass is 35.5. The first-order valence-corrected chi connectivity index (χ1v) is 10.2. The summed E-state index contributed by atoms with van der Waals surface area (Å²) in [6.07, 6.45) is -6.18. The SMILES string of the molecule is Cc1nn(Cc2ccc(F)cc2Cl)c(C)c1NC(=O)c1cc2nc(C(F)F)cc(C(F)F)n2n1. The first-order chi connectivity index (χ1) is 16.0. The number of rotatable bonds is 6. The van der Waals surface area contributed by atoms with E-state index < -0.39 is 36.0 Å². The largest absolute Gasteiger partial charge is 0.317 e. The quantitative estimate of drug-likeness (QED) is 0.356. The highest BCUT2D eigenvalue weighted by Crippen LogP contribution is 2.27. The van der Waals surface area contributed by atoms with Gasteiger partial charge in [0, 0.05) is 11.1 Å². The first kappa shape index (κ1) is 23.6. The van der Waals surface area contributed by atoms with Crippen molar-refractivity contribution in [2.24, 2.45) is 0 Å². The van der Waals surface area contributed by atoms with Gasteiger partial charge in [0.05, 0.1) is 23.6 Å². The number of amides is 1. The van der Waals surface area contributed by atoms with Crippen LogP contribution in [0, 0.1) is 19.7 Å². The predicted octanol–water partition coefficient (Wildman–Crippen LogP) is 5.51. The van der Waals surface area contributed by atoms with Crippen molar-refractivity contribution in [1.82, 2.24) is 24.4 Å². The molecule has 7 nitrogen and oxygen atoms in total. The van der Waals surface area contributed by atoms with Crippen LogP contribution >= 0.6 is 11.6 Å². The topological polar surface area (TPSA) is 77.1 Å². The number of aromatic nitrogens is 5. The summed E-state index contributed by atoms with van der Waals surface area (Å²) in [7, 11) is 0. The maximum absolute atomic E-state index is 13.4. The van der Waals surface area contributed by atoms with Gasteiger partial charge in [-0.15, -0.1) is 0 Å². The van der Waals surface area contributed by atoms with Crippen LogP contribution in [0.3, 0.4) is 0 Å². The Labute approximate surface area is 194 Å². The second-order valence-electron chi connectivity index (χ2n) is 7.40. The lowest BCUT2D eigenvalue weighted by Gasteiger charge is -2.08. The van der Waals surface area contributed by atoms with Crippen LogP contribution in [0.4, 0.5) is 27.6 Å². The van der Waals surface area contributed by atoms with E-state index >= 15 is 0 Å². The Morgan fingerprint density at radius 1 is 1.09 bits per heavy atom. The summed E-state index contributed by atoms with van der Waals surface area (Å²) in [5.74, 6) is -1.25. The molecule has 0 aliphatic heterocycles. The minimum Gasteiger partial charge on any atom is -0.317 e. The van der Waals surface area contributed by atoms with Crippen LogP contribution in [0.1, 0.15) is 51.7 Å². The monoisotopic (exact) mass is 498 g/mol. The third-order valence-corrected chi connectivity index (χ3v) is 5.46. The van der Waals surface area contributed by atoms with E-state index in [4.69, 9.17) is 11.6 Å². The van der Waals surface area contributed by atoms with Crippen LogP contribution in [0.5, 0.6) is 0 Å². The molecule has 0 bridgehead atoms. The van der Waals surface area contributed by atoms with Crippen molar-refractivity contribution >= 4 is 28.8 Å². The molecule has 0 saturated carbocycles. The van der Waals surface area contributed by atoms with Crippen molar-refractivity contribution in [3.63, 3.8) is 0 Å². The first-order valence-electron chi connectivity index (χ1n) is 9.81. The number of carbonyl (C=O) groups is 1. The Morgan fingerprint density at radius 2 is 1.82 bits per heavy atom. The van der Waals surface area contributed by atoms with Crippen molar-refractivity contribution < 1.29 is 26.7 Å². The molecule has 3 heterocycles. The number of fused-ring (bicyclic) bond motifs is 1. The second kappa shape index (κ2) is 9.01. The maximum Gasteiger partial charge on any atom is 0.280 e. The summed E-state index contributed by atoms with van der Waals surface area (Å²) in [5.41, 5.74) is -0.330. The summed E-state index contributed by atoms with van der Waals surface area (Å²) in [4.78, 5) is 16.4. The number of aryl methyl sites for hydroxylation is 1. The lowest BCUT2D eigenvalue weighted by molar-refractivity contribution is 0.102. The normalized spacial score (nSPS) is 11.7. The number of nitrogens with one attached hydrogen (secondary N) is 1. The van der Waals surface area contributed by atoms with Gasteiger partial charge in [-0.05, 0) is 37.6 Å². The van der Waals surface area contributed by atoms with Gasteiger partial charge >= 0.3 is 0 Å². The Balaban J connectivity index is 1.63. The molecule has 34 heavy (non-hydrogen) atoms. The maximum atomic E-state index is 13.4. The number of hydrogen-bond acceptors (Lipinski definition) is 4. The molecule has 0 spiro atoms. The van der Waals surface area contributed by atoms with Gasteiger partial charge in [-0.3, -0.25) is 9.48 Å². The molecule has 3 aromatic heterocycles. The minimum absolute atomic E-state index is 0.202. The van der Waals surface area contributed by atoms with Crippen LogP contribution in [-0.2, 0) is 6.54 Å². The van der Waals surface area contributed by atoms with Crippen molar-refractivity contribution in [1.29, 1.82) is 0 Å².